The molecule has 2 aliphatic heterocycles. The van der Waals surface area contributed by atoms with Crippen LogP contribution in [0.2, 0.25) is 0 Å². The summed E-state index contributed by atoms with van der Waals surface area (Å²) < 4.78 is 10.5. The molecule has 1 amide bonds. The summed E-state index contributed by atoms with van der Waals surface area (Å²) in [5, 5.41) is 9.06. The first-order valence-corrected chi connectivity index (χ1v) is 6.57. The van der Waals surface area contributed by atoms with Gasteiger partial charge in [0.1, 0.15) is 0 Å². The van der Waals surface area contributed by atoms with Crippen LogP contribution in [0.4, 0.5) is 0 Å². The Morgan fingerprint density at radius 1 is 1.25 bits per heavy atom. The standard InChI is InChI=1S/C14H15NO5/c16-13(15-5-1-2-10(7-15)14(17)18)9-3-4-11-12(6-9)20-8-19-11/h3-4,6,10H,1-2,5,7-8H2,(H,17,18)/t10-/m0/s1. The van der Waals surface area contributed by atoms with Gasteiger partial charge in [-0.1, -0.05) is 0 Å². The van der Waals surface area contributed by atoms with Crippen LogP contribution >= 0.6 is 0 Å². The summed E-state index contributed by atoms with van der Waals surface area (Å²) in [6.07, 6.45) is 1.34. The lowest BCUT2D eigenvalue weighted by atomic mass is 9.97. The molecule has 1 N–H and O–H groups in total. The van der Waals surface area contributed by atoms with Crippen molar-refractivity contribution in [1.82, 2.24) is 4.90 Å². The molecular formula is C14H15NO5. The predicted molar refractivity (Wildman–Crippen MR) is 68.8 cm³/mol. The van der Waals surface area contributed by atoms with Crippen LogP contribution in [0.3, 0.4) is 0 Å². The van der Waals surface area contributed by atoms with Crippen molar-refractivity contribution in [3.05, 3.63) is 23.8 Å². The summed E-state index contributed by atoms with van der Waals surface area (Å²) in [5.74, 6) is -0.282. The molecule has 1 atom stereocenters. The number of ether oxygens (including phenoxy) is 2. The molecule has 1 aromatic carbocycles. The van der Waals surface area contributed by atoms with Crippen LogP contribution < -0.4 is 9.47 Å². The Hall–Kier alpha value is -2.24. The second-order valence-electron chi connectivity index (χ2n) is 5.00. The van der Waals surface area contributed by atoms with E-state index in [0.29, 0.717) is 36.4 Å². The molecule has 0 bridgehead atoms. The molecule has 2 aliphatic rings. The molecule has 20 heavy (non-hydrogen) atoms. The van der Waals surface area contributed by atoms with E-state index in [2.05, 4.69) is 0 Å². The van der Waals surface area contributed by atoms with Crippen LogP contribution in [-0.2, 0) is 4.79 Å². The fraction of sp³-hybridized carbons (Fsp3) is 0.429. The summed E-state index contributed by atoms with van der Waals surface area (Å²) >= 11 is 0. The molecule has 0 radical (unpaired) electrons. The third-order valence-electron chi connectivity index (χ3n) is 3.68. The van der Waals surface area contributed by atoms with Crippen LogP contribution in [-0.4, -0.2) is 41.8 Å². The molecule has 6 nitrogen and oxygen atoms in total. The number of rotatable bonds is 2. The average Bonchev–Trinajstić information content (AvgIpc) is 2.94. The third-order valence-corrected chi connectivity index (χ3v) is 3.68. The number of nitrogens with zero attached hydrogens (tertiary/aromatic N) is 1. The summed E-state index contributed by atoms with van der Waals surface area (Å²) in [7, 11) is 0. The largest absolute Gasteiger partial charge is 0.481 e. The first-order valence-electron chi connectivity index (χ1n) is 6.57. The molecule has 0 aromatic heterocycles. The Bertz CT molecular complexity index is 556. The fourth-order valence-electron chi connectivity index (χ4n) is 2.58. The van der Waals surface area contributed by atoms with E-state index in [0.717, 1.165) is 0 Å². The highest BCUT2D eigenvalue weighted by molar-refractivity contribution is 5.95. The maximum Gasteiger partial charge on any atom is 0.308 e. The van der Waals surface area contributed by atoms with Crippen molar-refractivity contribution in [2.75, 3.05) is 19.9 Å². The van der Waals surface area contributed by atoms with Crippen LogP contribution in [0.5, 0.6) is 11.5 Å². The van der Waals surface area contributed by atoms with Gasteiger partial charge in [-0.3, -0.25) is 9.59 Å². The number of likely N-dealkylation sites (tertiary alicyclic amines) is 1. The van der Waals surface area contributed by atoms with Gasteiger partial charge in [0, 0.05) is 18.7 Å². The minimum absolute atomic E-state index is 0.158. The van der Waals surface area contributed by atoms with Crippen LogP contribution in [0.25, 0.3) is 0 Å². The molecule has 0 unspecified atom stereocenters. The summed E-state index contributed by atoms with van der Waals surface area (Å²) in [6, 6.07) is 5.03. The number of amides is 1. The summed E-state index contributed by atoms with van der Waals surface area (Å²) in [4.78, 5) is 25.0. The molecule has 106 valence electrons. The highest BCUT2D eigenvalue weighted by atomic mass is 16.7. The molecule has 2 heterocycles. The van der Waals surface area contributed by atoms with Crippen molar-refractivity contribution in [3.63, 3.8) is 0 Å². The van der Waals surface area contributed by atoms with E-state index in [-0.39, 0.29) is 19.2 Å². The SMILES string of the molecule is O=C(O)[C@H]1CCCN(C(=O)c2ccc3c(c2)OCO3)C1. The molecule has 6 heteroatoms. The van der Waals surface area contributed by atoms with Gasteiger partial charge in [-0.15, -0.1) is 0 Å². The number of hydrogen-bond acceptors (Lipinski definition) is 4. The molecule has 1 saturated heterocycles. The van der Waals surface area contributed by atoms with Gasteiger partial charge in [0.15, 0.2) is 11.5 Å². The van der Waals surface area contributed by atoms with Gasteiger partial charge in [-0.05, 0) is 31.0 Å². The summed E-state index contributed by atoms with van der Waals surface area (Å²) in [6.45, 7) is 1.03. The molecule has 0 spiro atoms. The van der Waals surface area contributed by atoms with Crippen molar-refractivity contribution < 1.29 is 24.2 Å². The van der Waals surface area contributed by atoms with E-state index in [4.69, 9.17) is 14.6 Å². The lowest BCUT2D eigenvalue weighted by Crippen LogP contribution is -2.42. The van der Waals surface area contributed by atoms with E-state index in [9.17, 15) is 9.59 Å². The first kappa shape index (κ1) is 12.8. The number of benzene rings is 1. The molecular weight excluding hydrogens is 262 g/mol. The molecule has 0 aliphatic carbocycles. The zero-order valence-corrected chi connectivity index (χ0v) is 10.9. The Kier molecular flexibility index (Phi) is 3.22. The van der Waals surface area contributed by atoms with E-state index in [1.807, 2.05) is 0 Å². The first-order chi connectivity index (χ1) is 9.65. The molecule has 0 saturated carbocycles. The number of aliphatic carboxylic acids is 1. The fourth-order valence-corrected chi connectivity index (χ4v) is 2.58. The minimum atomic E-state index is -0.840. The van der Waals surface area contributed by atoms with Gasteiger partial charge in [-0.25, -0.2) is 0 Å². The Labute approximate surface area is 115 Å². The van der Waals surface area contributed by atoms with Crippen molar-refractivity contribution >= 4 is 11.9 Å². The minimum Gasteiger partial charge on any atom is -0.481 e. The van der Waals surface area contributed by atoms with Crippen LogP contribution in [0.15, 0.2) is 18.2 Å². The van der Waals surface area contributed by atoms with E-state index in [1.165, 1.54) is 0 Å². The lowest BCUT2D eigenvalue weighted by Gasteiger charge is -2.30. The maximum absolute atomic E-state index is 12.4. The highest BCUT2D eigenvalue weighted by Crippen LogP contribution is 2.33. The molecule has 1 aromatic rings. The number of fused-ring (bicyclic) bond motifs is 1. The predicted octanol–water partition coefficient (Wildman–Crippen LogP) is 1.35. The normalized spacial score (nSPS) is 20.8. The molecule has 3 rings (SSSR count). The highest BCUT2D eigenvalue weighted by Gasteiger charge is 2.29. The third kappa shape index (κ3) is 2.29. The van der Waals surface area contributed by atoms with Gasteiger partial charge >= 0.3 is 5.97 Å². The van der Waals surface area contributed by atoms with E-state index >= 15 is 0 Å². The zero-order valence-electron chi connectivity index (χ0n) is 10.9. The quantitative estimate of drug-likeness (QED) is 0.883. The van der Waals surface area contributed by atoms with Crippen LogP contribution in [0.1, 0.15) is 23.2 Å². The maximum atomic E-state index is 12.4. The van der Waals surface area contributed by atoms with Gasteiger partial charge in [0.25, 0.3) is 5.91 Å². The second kappa shape index (κ2) is 5.03. The van der Waals surface area contributed by atoms with Crippen molar-refractivity contribution in [2.45, 2.75) is 12.8 Å². The topological polar surface area (TPSA) is 76.1 Å². The Morgan fingerprint density at radius 3 is 2.85 bits per heavy atom. The lowest BCUT2D eigenvalue weighted by molar-refractivity contribution is -0.143. The van der Waals surface area contributed by atoms with Crippen molar-refractivity contribution in [2.24, 2.45) is 5.92 Å². The van der Waals surface area contributed by atoms with E-state index in [1.54, 1.807) is 23.1 Å². The number of piperidine rings is 1. The number of hydrogen-bond donors (Lipinski definition) is 1. The van der Waals surface area contributed by atoms with Gasteiger partial charge in [0.05, 0.1) is 5.92 Å². The Balaban J connectivity index is 1.76. The van der Waals surface area contributed by atoms with Gasteiger partial charge < -0.3 is 19.5 Å². The smallest absolute Gasteiger partial charge is 0.308 e. The van der Waals surface area contributed by atoms with Crippen molar-refractivity contribution in [1.29, 1.82) is 0 Å². The number of carbonyl (C=O) groups excluding carboxylic acids is 1. The molecule has 1 fully saturated rings. The monoisotopic (exact) mass is 277 g/mol. The number of carboxylic acid groups (broad SMARTS) is 1. The Morgan fingerprint density at radius 2 is 2.05 bits per heavy atom. The van der Waals surface area contributed by atoms with Crippen LogP contribution in [0, 0.1) is 5.92 Å². The number of carboxylic acids is 1. The van der Waals surface area contributed by atoms with E-state index < -0.39 is 11.9 Å². The zero-order chi connectivity index (χ0) is 14.1. The van der Waals surface area contributed by atoms with Crippen molar-refractivity contribution in [3.8, 4) is 11.5 Å². The van der Waals surface area contributed by atoms with Gasteiger partial charge in [0.2, 0.25) is 6.79 Å². The summed E-state index contributed by atoms with van der Waals surface area (Å²) in [5.41, 5.74) is 0.500. The van der Waals surface area contributed by atoms with Gasteiger partial charge in [-0.2, -0.15) is 0 Å². The average molecular weight is 277 g/mol. The second-order valence-corrected chi connectivity index (χ2v) is 5.00. The number of carbonyl (C=O) groups is 2.